The molecule has 0 bridgehead atoms. The molecule has 4 amide bonds. The van der Waals surface area contributed by atoms with Crippen LogP contribution in [0.2, 0.25) is 0 Å². The van der Waals surface area contributed by atoms with Crippen molar-refractivity contribution in [3.05, 3.63) is 59.7 Å². The lowest BCUT2D eigenvalue weighted by Gasteiger charge is -2.30. The molecule has 2 unspecified atom stereocenters. The maximum absolute atomic E-state index is 13.6. The SMILES string of the molecule is C#CN(C(=O)C(CCC(N)=O)NC(=O)OC(C)(C)C)C(C(=O)Nc1ccccc1C)c1cccc(O)c1. The number of nitrogens with zero attached hydrogens (tertiary/aromatic N) is 1. The Hall–Kier alpha value is -4.52. The number of carbonyl (C=O) groups excluding carboxylic acids is 4. The third-order valence-electron chi connectivity index (χ3n) is 5.14. The summed E-state index contributed by atoms with van der Waals surface area (Å²) < 4.78 is 5.24. The van der Waals surface area contributed by atoms with E-state index in [1.54, 1.807) is 52.0 Å². The Morgan fingerprint density at radius 2 is 1.81 bits per heavy atom. The Kier molecular flexibility index (Phi) is 9.66. The van der Waals surface area contributed by atoms with Crippen LogP contribution in [0, 0.1) is 19.4 Å². The largest absolute Gasteiger partial charge is 0.508 e. The van der Waals surface area contributed by atoms with E-state index in [2.05, 4.69) is 16.7 Å². The predicted octanol–water partition coefficient (Wildman–Crippen LogP) is 2.96. The molecule has 37 heavy (non-hydrogen) atoms. The molecule has 5 N–H and O–H groups in total. The lowest BCUT2D eigenvalue weighted by atomic mass is 10.0. The molecular formula is C27H32N4O6. The van der Waals surface area contributed by atoms with E-state index in [1.807, 2.05) is 0 Å². The van der Waals surface area contributed by atoms with E-state index in [-0.39, 0.29) is 24.2 Å². The molecule has 10 heteroatoms. The standard InChI is InChI=1S/C27H32N4O6/c1-6-31(25(35)21(14-15-22(28)33)30-26(36)37-27(3,4)5)23(18-11-9-12-19(32)16-18)24(34)29-20-13-8-7-10-17(20)2/h1,7-13,16,21,23,32H,14-15H2,2-5H3,(H2,28,33)(H,29,34)(H,30,36). The van der Waals surface area contributed by atoms with Crippen molar-refractivity contribution in [1.29, 1.82) is 0 Å². The molecule has 2 atom stereocenters. The molecule has 2 aromatic carbocycles. The van der Waals surface area contributed by atoms with Gasteiger partial charge in [-0.05, 0) is 63.4 Å². The molecule has 2 rings (SSSR count). The van der Waals surface area contributed by atoms with E-state index in [0.717, 1.165) is 10.5 Å². The van der Waals surface area contributed by atoms with Gasteiger partial charge in [-0.2, -0.15) is 0 Å². The average molecular weight is 509 g/mol. The maximum atomic E-state index is 13.6. The highest BCUT2D eigenvalue weighted by Crippen LogP contribution is 2.27. The van der Waals surface area contributed by atoms with Crippen molar-refractivity contribution in [2.45, 2.75) is 58.2 Å². The molecule has 0 spiro atoms. The van der Waals surface area contributed by atoms with Crippen molar-refractivity contribution in [3.8, 4) is 18.2 Å². The van der Waals surface area contributed by atoms with Crippen molar-refractivity contribution < 1.29 is 29.0 Å². The van der Waals surface area contributed by atoms with Gasteiger partial charge in [0.15, 0.2) is 0 Å². The Balaban J connectivity index is 2.47. The molecule has 2 aromatic rings. The number of amides is 4. The van der Waals surface area contributed by atoms with Crippen molar-refractivity contribution in [2.75, 3.05) is 5.32 Å². The summed E-state index contributed by atoms with van der Waals surface area (Å²) in [4.78, 5) is 51.8. The van der Waals surface area contributed by atoms with Gasteiger partial charge in [-0.15, -0.1) is 0 Å². The Morgan fingerprint density at radius 1 is 1.14 bits per heavy atom. The third kappa shape index (κ3) is 8.58. The summed E-state index contributed by atoms with van der Waals surface area (Å²) >= 11 is 0. The van der Waals surface area contributed by atoms with Crippen molar-refractivity contribution >= 4 is 29.5 Å². The molecule has 0 radical (unpaired) electrons. The number of aryl methyl sites for hydroxylation is 1. The van der Waals surface area contributed by atoms with Crippen LogP contribution in [-0.2, 0) is 19.1 Å². The fraction of sp³-hybridized carbons (Fsp3) is 0.333. The molecule has 0 aliphatic carbocycles. The van der Waals surface area contributed by atoms with Crippen molar-refractivity contribution in [2.24, 2.45) is 5.73 Å². The normalized spacial score (nSPS) is 12.4. The molecule has 0 aliphatic heterocycles. The van der Waals surface area contributed by atoms with Gasteiger partial charge in [0.25, 0.3) is 11.8 Å². The monoisotopic (exact) mass is 508 g/mol. The van der Waals surface area contributed by atoms with Crippen LogP contribution in [0.3, 0.4) is 0 Å². The average Bonchev–Trinajstić information content (AvgIpc) is 2.79. The number of primary amides is 1. The number of terminal acetylenes is 1. The Morgan fingerprint density at radius 3 is 2.38 bits per heavy atom. The number of hydrogen-bond acceptors (Lipinski definition) is 6. The lowest BCUT2D eigenvalue weighted by molar-refractivity contribution is -0.137. The number of carbonyl (C=O) groups is 4. The lowest BCUT2D eigenvalue weighted by Crippen LogP contribution is -2.51. The summed E-state index contributed by atoms with van der Waals surface area (Å²) in [6, 6.07) is 12.3. The zero-order valence-corrected chi connectivity index (χ0v) is 21.3. The minimum atomic E-state index is -1.39. The van der Waals surface area contributed by atoms with Crippen LogP contribution in [0.25, 0.3) is 0 Å². The number of hydrogen-bond donors (Lipinski definition) is 4. The minimum absolute atomic E-state index is 0.146. The van der Waals surface area contributed by atoms with E-state index in [0.29, 0.717) is 5.69 Å². The molecule has 0 aliphatic rings. The Bertz CT molecular complexity index is 1200. The first-order valence-corrected chi connectivity index (χ1v) is 11.5. The molecule has 196 valence electrons. The molecule has 0 fully saturated rings. The first kappa shape index (κ1) is 28.7. The number of anilines is 1. The number of para-hydroxylation sites is 1. The van der Waals surface area contributed by atoms with Gasteiger partial charge in [0.1, 0.15) is 23.4 Å². The van der Waals surface area contributed by atoms with Crippen molar-refractivity contribution in [1.82, 2.24) is 10.2 Å². The molecule has 0 saturated heterocycles. The number of benzene rings is 2. The highest BCUT2D eigenvalue weighted by Gasteiger charge is 2.36. The van der Waals surface area contributed by atoms with Gasteiger partial charge in [0, 0.05) is 18.2 Å². The highest BCUT2D eigenvalue weighted by molar-refractivity contribution is 6.00. The smallest absolute Gasteiger partial charge is 0.408 e. The van der Waals surface area contributed by atoms with Crippen LogP contribution in [0.4, 0.5) is 10.5 Å². The van der Waals surface area contributed by atoms with Crippen molar-refractivity contribution in [3.63, 3.8) is 0 Å². The van der Waals surface area contributed by atoms with Crippen LogP contribution in [0.15, 0.2) is 48.5 Å². The predicted molar refractivity (Wildman–Crippen MR) is 138 cm³/mol. The van der Waals surface area contributed by atoms with Gasteiger partial charge >= 0.3 is 6.09 Å². The number of phenols is 1. The van der Waals surface area contributed by atoms with Crippen LogP contribution < -0.4 is 16.4 Å². The summed E-state index contributed by atoms with van der Waals surface area (Å²) in [5.74, 6) is -2.34. The molecule has 0 heterocycles. The topological polar surface area (TPSA) is 151 Å². The first-order chi connectivity index (χ1) is 17.3. The second-order valence-corrected chi connectivity index (χ2v) is 9.34. The number of nitrogens with two attached hydrogens (primary N) is 1. The number of phenolic OH excluding ortho intramolecular Hbond substituents is 1. The van der Waals surface area contributed by atoms with Gasteiger partial charge in [0.05, 0.1) is 0 Å². The van der Waals surface area contributed by atoms with Gasteiger partial charge < -0.3 is 26.2 Å². The minimum Gasteiger partial charge on any atom is -0.508 e. The van der Waals surface area contributed by atoms with E-state index in [9.17, 15) is 24.3 Å². The van der Waals surface area contributed by atoms with Crippen LogP contribution >= 0.6 is 0 Å². The van der Waals surface area contributed by atoms with Gasteiger partial charge in [-0.3, -0.25) is 19.3 Å². The van der Waals surface area contributed by atoms with E-state index in [1.165, 1.54) is 24.3 Å². The molecule has 10 nitrogen and oxygen atoms in total. The highest BCUT2D eigenvalue weighted by atomic mass is 16.6. The summed E-state index contributed by atoms with van der Waals surface area (Å²) in [5.41, 5.74) is 5.90. The quantitative estimate of drug-likeness (QED) is 0.302. The number of alkyl carbamates (subject to hydrolysis) is 1. The van der Waals surface area contributed by atoms with Crippen LogP contribution in [-0.4, -0.2) is 45.5 Å². The zero-order chi connectivity index (χ0) is 27.8. The van der Waals surface area contributed by atoms with E-state index >= 15 is 0 Å². The third-order valence-corrected chi connectivity index (χ3v) is 5.14. The second-order valence-electron chi connectivity index (χ2n) is 9.34. The summed E-state index contributed by atoms with van der Waals surface area (Å²) in [6.07, 6.45) is 4.38. The number of nitrogens with one attached hydrogen (secondary N) is 2. The molecule has 0 aromatic heterocycles. The van der Waals surface area contributed by atoms with E-state index < -0.39 is 41.5 Å². The maximum Gasteiger partial charge on any atom is 0.408 e. The fourth-order valence-electron chi connectivity index (χ4n) is 3.45. The Labute approximate surface area is 216 Å². The first-order valence-electron chi connectivity index (χ1n) is 11.5. The van der Waals surface area contributed by atoms with Gasteiger partial charge in [-0.1, -0.05) is 36.8 Å². The second kappa shape index (κ2) is 12.4. The van der Waals surface area contributed by atoms with Gasteiger partial charge in [-0.25, -0.2) is 4.79 Å². The fourth-order valence-corrected chi connectivity index (χ4v) is 3.45. The summed E-state index contributed by atoms with van der Waals surface area (Å²) in [5, 5.41) is 15.2. The summed E-state index contributed by atoms with van der Waals surface area (Å²) in [7, 11) is 0. The van der Waals surface area contributed by atoms with E-state index in [4.69, 9.17) is 16.9 Å². The summed E-state index contributed by atoms with van der Waals surface area (Å²) in [6.45, 7) is 6.74. The zero-order valence-electron chi connectivity index (χ0n) is 21.3. The van der Waals surface area contributed by atoms with Crippen LogP contribution in [0.5, 0.6) is 5.75 Å². The molecular weight excluding hydrogens is 476 g/mol. The molecule has 0 saturated carbocycles. The number of aromatic hydroxyl groups is 1. The van der Waals surface area contributed by atoms with Crippen LogP contribution in [0.1, 0.15) is 50.8 Å². The van der Waals surface area contributed by atoms with Gasteiger partial charge in [0.2, 0.25) is 5.91 Å². The number of rotatable bonds is 9. The number of ether oxygens (including phenoxy) is 1.